The minimum Gasteiger partial charge on any atom is -0.496 e. The monoisotopic (exact) mass is 478 g/mol. The van der Waals surface area contributed by atoms with Crippen molar-refractivity contribution in [1.82, 2.24) is 0 Å². The molecule has 3 rings (SSSR count). The molecule has 0 radical (unpaired) electrons. The second-order valence-corrected chi connectivity index (χ2v) is 9.36. The number of alkyl halides is 3. The summed E-state index contributed by atoms with van der Waals surface area (Å²) in [5, 5.41) is 9.39. The molecule has 0 heterocycles. The zero-order chi connectivity index (χ0) is 24.4. The average molecular weight is 478 g/mol. The van der Waals surface area contributed by atoms with Gasteiger partial charge in [-0.3, -0.25) is 4.79 Å². The maximum atomic E-state index is 14.0. The van der Waals surface area contributed by atoms with Crippen molar-refractivity contribution in [1.29, 1.82) is 0 Å². The first kappa shape index (κ1) is 24.3. The fraction of sp³-hybridized carbons (Fsp3) is 0.208. The summed E-state index contributed by atoms with van der Waals surface area (Å²) in [6, 6.07) is 15.2. The van der Waals surface area contributed by atoms with Crippen LogP contribution in [0.5, 0.6) is 5.75 Å². The number of rotatable bonds is 7. The number of sulfone groups is 1. The second kappa shape index (κ2) is 9.27. The third kappa shape index (κ3) is 5.19. The standard InChI is InChI=1S/C24H21F3O5S/c1-15-8-6-7-11-17(15)22-20(32-2)13-19(24(25,26)27)18(12-21(28)29)23(22)33(30,31)14-16-9-4-3-5-10-16/h3-11,13H,12,14H2,1-2H3,(H,28,29). The SMILES string of the molecule is COc1cc(C(F)(F)F)c(CC(=O)O)c(S(=O)(=O)Cc2ccccc2)c1-c1ccccc1C. The van der Waals surface area contributed by atoms with E-state index < -0.39 is 50.2 Å². The molecule has 0 aliphatic heterocycles. The summed E-state index contributed by atoms with van der Waals surface area (Å²) in [5.74, 6) is -2.50. The van der Waals surface area contributed by atoms with Crippen molar-refractivity contribution in [2.24, 2.45) is 0 Å². The Morgan fingerprint density at radius 2 is 1.64 bits per heavy atom. The summed E-state index contributed by atoms with van der Waals surface area (Å²) in [6.45, 7) is 1.68. The molecule has 1 N–H and O–H groups in total. The molecule has 0 unspecified atom stereocenters. The van der Waals surface area contributed by atoms with Crippen molar-refractivity contribution in [3.05, 3.63) is 82.9 Å². The normalized spacial score (nSPS) is 11.9. The third-order valence-electron chi connectivity index (χ3n) is 5.13. The largest absolute Gasteiger partial charge is 0.496 e. The van der Waals surface area contributed by atoms with E-state index in [9.17, 15) is 31.5 Å². The Bertz CT molecular complexity index is 1280. The Morgan fingerprint density at radius 1 is 1.03 bits per heavy atom. The van der Waals surface area contributed by atoms with Crippen LogP contribution < -0.4 is 4.74 Å². The van der Waals surface area contributed by atoms with Crippen molar-refractivity contribution >= 4 is 15.8 Å². The van der Waals surface area contributed by atoms with Gasteiger partial charge < -0.3 is 9.84 Å². The van der Waals surface area contributed by atoms with Gasteiger partial charge in [-0.2, -0.15) is 13.2 Å². The highest BCUT2D eigenvalue weighted by atomic mass is 32.2. The summed E-state index contributed by atoms with van der Waals surface area (Å²) in [4.78, 5) is 10.9. The van der Waals surface area contributed by atoms with Crippen LogP contribution >= 0.6 is 0 Å². The van der Waals surface area contributed by atoms with Gasteiger partial charge in [0.25, 0.3) is 0 Å². The van der Waals surface area contributed by atoms with Crippen LogP contribution in [-0.4, -0.2) is 26.6 Å². The van der Waals surface area contributed by atoms with Crippen LogP contribution in [0.4, 0.5) is 13.2 Å². The molecule has 0 aromatic heterocycles. The van der Waals surface area contributed by atoms with Gasteiger partial charge in [-0.1, -0.05) is 54.6 Å². The van der Waals surface area contributed by atoms with Gasteiger partial charge in [-0.15, -0.1) is 0 Å². The number of methoxy groups -OCH3 is 1. The highest BCUT2D eigenvalue weighted by Crippen LogP contribution is 2.46. The van der Waals surface area contributed by atoms with Gasteiger partial charge in [-0.25, -0.2) is 8.42 Å². The number of halogens is 3. The number of carbonyl (C=O) groups is 1. The zero-order valence-electron chi connectivity index (χ0n) is 17.8. The van der Waals surface area contributed by atoms with Crippen LogP contribution in [-0.2, 0) is 33.0 Å². The van der Waals surface area contributed by atoms with Crippen LogP contribution in [0.1, 0.15) is 22.3 Å². The lowest BCUT2D eigenvalue weighted by molar-refractivity contribution is -0.140. The summed E-state index contributed by atoms with van der Waals surface area (Å²) < 4.78 is 74.4. The smallest absolute Gasteiger partial charge is 0.416 e. The van der Waals surface area contributed by atoms with Gasteiger partial charge >= 0.3 is 12.1 Å². The lowest BCUT2D eigenvalue weighted by Crippen LogP contribution is -2.19. The number of carboxylic acid groups (broad SMARTS) is 1. The third-order valence-corrected chi connectivity index (χ3v) is 6.91. The Morgan fingerprint density at radius 3 is 2.18 bits per heavy atom. The van der Waals surface area contributed by atoms with Crippen molar-refractivity contribution in [2.45, 2.75) is 30.2 Å². The first-order valence-corrected chi connectivity index (χ1v) is 11.5. The molecule has 0 amide bonds. The molecule has 0 saturated heterocycles. The highest BCUT2D eigenvalue weighted by molar-refractivity contribution is 7.90. The van der Waals surface area contributed by atoms with Gasteiger partial charge in [0.05, 0.1) is 29.7 Å². The van der Waals surface area contributed by atoms with Gasteiger partial charge in [-0.05, 0) is 35.2 Å². The molecule has 3 aromatic carbocycles. The van der Waals surface area contributed by atoms with Crippen LogP contribution in [0.15, 0.2) is 65.6 Å². The Balaban J connectivity index is 2.49. The summed E-state index contributed by atoms with van der Waals surface area (Å²) >= 11 is 0. The van der Waals surface area contributed by atoms with Crippen LogP contribution in [0, 0.1) is 6.92 Å². The Hall–Kier alpha value is -3.33. The molecule has 0 aliphatic carbocycles. The molecule has 0 fully saturated rings. The lowest BCUT2D eigenvalue weighted by Gasteiger charge is -2.23. The molecule has 33 heavy (non-hydrogen) atoms. The van der Waals surface area contributed by atoms with E-state index in [1.165, 1.54) is 12.1 Å². The molecule has 5 nitrogen and oxygen atoms in total. The number of hydrogen-bond donors (Lipinski definition) is 1. The molecule has 9 heteroatoms. The van der Waals surface area contributed by atoms with Crippen LogP contribution in [0.25, 0.3) is 11.1 Å². The minimum atomic E-state index is -5.00. The van der Waals surface area contributed by atoms with Crippen molar-refractivity contribution in [3.63, 3.8) is 0 Å². The number of benzene rings is 3. The topological polar surface area (TPSA) is 80.7 Å². The number of hydrogen-bond acceptors (Lipinski definition) is 4. The minimum absolute atomic E-state index is 0.0872. The van der Waals surface area contributed by atoms with Gasteiger partial charge in [0, 0.05) is 5.56 Å². The fourth-order valence-corrected chi connectivity index (χ4v) is 5.59. The van der Waals surface area contributed by atoms with Gasteiger partial charge in [0.15, 0.2) is 9.84 Å². The molecule has 0 bridgehead atoms. The number of aliphatic carboxylic acids is 1. The molecular weight excluding hydrogens is 457 g/mol. The number of carboxylic acids is 1. The van der Waals surface area contributed by atoms with Crippen LogP contribution in [0.2, 0.25) is 0 Å². The van der Waals surface area contributed by atoms with E-state index >= 15 is 0 Å². The second-order valence-electron chi connectivity index (χ2n) is 7.44. The van der Waals surface area contributed by atoms with E-state index in [0.29, 0.717) is 22.8 Å². The van der Waals surface area contributed by atoms with E-state index in [1.54, 1.807) is 49.4 Å². The number of aryl methyl sites for hydroxylation is 1. The van der Waals surface area contributed by atoms with E-state index in [4.69, 9.17) is 4.74 Å². The fourth-order valence-electron chi connectivity index (χ4n) is 3.73. The van der Waals surface area contributed by atoms with Gasteiger partial charge in [0.2, 0.25) is 0 Å². The van der Waals surface area contributed by atoms with Crippen molar-refractivity contribution in [2.75, 3.05) is 7.11 Å². The predicted octanol–water partition coefficient (Wildman–Crippen LogP) is 5.29. The first-order chi connectivity index (χ1) is 15.5. The number of ether oxygens (including phenoxy) is 1. The first-order valence-electron chi connectivity index (χ1n) is 9.81. The summed E-state index contributed by atoms with van der Waals surface area (Å²) in [6.07, 6.45) is -6.12. The molecule has 174 valence electrons. The predicted molar refractivity (Wildman–Crippen MR) is 117 cm³/mol. The molecule has 0 atom stereocenters. The summed E-state index contributed by atoms with van der Waals surface area (Å²) in [5.41, 5.74) is -0.980. The molecular formula is C24H21F3O5S. The van der Waals surface area contributed by atoms with Crippen LogP contribution in [0.3, 0.4) is 0 Å². The van der Waals surface area contributed by atoms with E-state index in [0.717, 1.165) is 7.11 Å². The van der Waals surface area contributed by atoms with E-state index in [1.807, 2.05) is 0 Å². The molecule has 0 saturated carbocycles. The summed E-state index contributed by atoms with van der Waals surface area (Å²) in [7, 11) is -3.30. The molecule has 3 aromatic rings. The van der Waals surface area contributed by atoms with E-state index in [-0.39, 0.29) is 11.3 Å². The zero-order valence-corrected chi connectivity index (χ0v) is 18.6. The van der Waals surface area contributed by atoms with E-state index in [2.05, 4.69) is 0 Å². The maximum absolute atomic E-state index is 14.0. The van der Waals surface area contributed by atoms with Gasteiger partial charge in [0.1, 0.15) is 5.75 Å². The molecule has 0 aliphatic rings. The Kier molecular flexibility index (Phi) is 6.83. The Labute approximate surface area is 189 Å². The quantitative estimate of drug-likeness (QED) is 0.499. The lowest BCUT2D eigenvalue weighted by atomic mass is 9.93. The average Bonchev–Trinajstić information content (AvgIpc) is 2.72. The highest BCUT2D eigenvalue weighted by Gasteiger charge is 2.40. The maximum Gasteiger partial charge on any atom is 0.416 e. The van der Waals surface area contributed by atoms with Crippen molar-refractivity contribution < 1.29 is 36.2 Å². The molecule has 0 spiro atoms. The van der Waals surface area contributed by atoms with Crippen molar-refractivity contribution in [3.8, 4) is 16.9 Å².